The van der Waals surface area contributed by atoms with Crippen molar-refractivity contribution in [2.45, 2.75) is 168 Å². The van der Waals surface area contributed by atoms with Crippen LogP contribution in [0.2, 0.25) is 0 Å². The molecule has 10 aromatic rings. The van der Waals surface area contributed by atoms with Gasteiger partial charge in [-0.05, 0) is 125 Å². The van der Waals surface area contributed by atoms with Crippen molar-refractivity contribution >= 4 is 53.9 Å². The average molecular weight is 1350 g/mol. The summed E-state index contributed by atoms with van der Waals surface area (Å²) < 4.78 is 57.2. The first kappa shape index (κ1) is 70.1. The molecule has 14 rings (SSSR count). The van der Waals surface area contributed by atoms with Gasteiger partial charge in [0.1, 0.15) is 73.2 Å². The molecule has 0 radical (unpaired) electrons. The molecule has 4 fully saturated rings. The van der Waals surface area contributed by atoms with E-state index in [-0.39, 0.29) is 39.5 Å². The van der Waals surface area contributed by atoms with E-state index in [1.54, 1.807) is 0 Å². The van der Waals surface area contributed by atoms with Crippen molar-refractivity contribution in [3.63, 3.8) is 0 Å². The van der Waals surface area contributed by atoms with Gasteiger partial charge in [-0.2, -0.15) is 0 Å². The number of rotatable bonds is 21. The lowest BCUT2D eigenvalue weighted by atomic mass is 9.84. The first-order valence-corrected chi connectivity index (χ1v) is 34.2. The Morgan fingerprint density at radius 3 is 0.879 bits per heavy atom. The summed E-state index contributed by atoms with van der Waals surface area (Å²) in [5, 5.41) is 45.4. The van der Waals surface area contributed by atoms with Gasteiger partial charge in [-0.1, -0.05) is 182 Å². The minimum Gasteiger partial charge on any atom is -0.388 e. The van der Waals surface area contributed by atoms with Crippen LogP contribution in [-0.4, -0.2) is 150 Å². The number of hydrogen-bond donors (Lipinski definition) is 11. The Balaban J connectivity index is 0.000000182. The molecule has 0 aromatic heterocycles. The van der Waals surface area contributed by atoms with E-state index in [0.717, 1.165) is 81.7 Å². The first-order valence-electron chi connectivity index (χ1n) is 34.2. The zero-order valence-electron chi connectivity index (χ0n) is 55.3. The Kier molecular flexibility index (Phi) is 22.8. The molecule has 2 saturated carbocycles. The molecular weight excluding hydrogens is 1250 g/mol. The van der Waals surface area contributed by atoms with Crippen LogP contribution in [0.25, 0.3) is 53.9 Å². The third-order valence-corrected chi connectivity index (χ3v) is 19.9. The van der Waals surface area contributed by atoms with Gasteiger partial charge in [0.25, 0.3) is 0 Å². The van der Waals surface area contributed by atoms with Crippen molar-refractivity contribution in [1.29, 1.82) is 0 Å². The van der Waals surface area contributed by atoms with E-state index in [2.05, 4.69) is 91.0 Å². The van der Waals surface area contributed by atoms with Crippen LogP contribution in [0.4, 0.5) is 0 Å². The van der Waals surface area contributed by atoms with E-state index < -0.39 is 122 Å². The second kappa shape index (κ2) is 32.1. The summed E-state index contributed by atoms with van der Waals surface area (Å²) in [6.07, 6.45) is -11.5. The van der Waals surface area contributed by atoms with Crippen molar-refractivity contribution < 1.29 is 58.0 Å². The fourth-order valence-corrected chi connectivity index (χ4v) is 14.4. The fraction of sp³-hybridized carbons (Fsp3) is 0.367. The van der Waals surface area contributed by atoms with E-state index in [9.17, 15) is 15.3 Å². The van der Waals surface area contributed by atoms with Crippen LogP contribution in [0.3, 0.4) is 0 Å². The van der Waals surface area contributed by atoms with E-state index in [1.165, 1.54) is 0 Å². The molecule has 4 aliphatic rings. The minimum atomic E-state index is -1.15. The lowest BCUT2D eigenvalue weighted by Crippen LogP contribution is -2.68. The van der Waals surface area contributed by atoms with Crippen LogP contribution in [0.1, 0.15) is 40.7 Å². The zero-order chi connectivity index (χ0) is 68.7. The molecular formula is C79H92N8O12. The molecule has 20 atom stereocenters. The Morgan fingerprint density at radius 2 is 0.556 bits per heavy atom. The van der Waals surface area contributed by atoms with Crippen LogP contribution in [0, 0.1) is 0 Å². The lowest BCUT2D eigenvalue weighted by molar-refractivity contribution is -0.302. The third-order valence-electron chi connectivity index (χ3n) is 19.9. The smallest absolute Gasteiger partial charge is 0.176 e. The molecule has 520 valence electrons. The molecule has 20 unspecified atom stereocenters. The maximum absolute atomic E-state index is 11.7. The minimum absolute atomic E-state index is 0.0191. The highest BCUT2D eigenvalue weighted by Gasteiger charge is 2.52. The fourth-order valence-electron chi connectivity index (χ4n) is 14.4. The number of hydrogen-bond acceptors (Lipinski definition) is 20. The van der Waals surface area contributed by atoms with Crippen LogP contribution in [-0.2, 0) is 75.7 Å². The number of aliphatic hydroxyl groups is 3. The largest absolute Gasteiger partial charge is 0.388 e. The molecule has 0 bridgehead atoms. The summed E-state index contributed by atoms with van der Waals surface area (Å²) in [4.78, 5) is 0. The van der Waals surface area contributed by atoms with Gasteiger partial charge in [0.05, 0.1) is 45.1 Å². The molecule has 10 aromatic carbocycles. The van der Waals surface area contributed by atoms with Gasteiger partial charge in [-0.25, -0.2) is 0 Å². The highest BCUT2D eigenvalue weighted by atomic mass is 16.7. The molecule has 20 heteroatoms. The van der Waals surface area contributed by atoms with Crippen molar-refractivity contribution in [3.05, 3.63) is 240 Å². The van der Waals surface area contributed by atoms with E-state index in [0.29, 0.717) is 19.4 Å². The van der Waals surface area contributed by atoms with Crippen molar-refractivity contribution in [3.8, 4) is 0 Å². The Morgan fingerprint density at radius 1 is 0.293 bits per heavy atom. The normalized spacial score (nSPS) is 30.4. The quantitative estimate of drug-likeness (QED) is 0.0358. The van der Waals surface area contributed by atoms with Crippen LogP contribution in [0.15, 0.2) is 212 Å². The Bertz CT molecular complexity index is 4310. The van der Waals surface area contributed by atoms with Gasteiger partial charge in [-0.3, -0.25) is 0 Å². The summed E-state index contributed by atoms with van der Waals surface area (Å²) in [6, 6.07) is 67.5. The predicted molar refractivity (Wildman–Crippen MR) is 383 cm³/mol. The highest BCUT2D eigenvalue weighted by Crippen LogP contribution is 2.35. The summed E-state index contributed by atoms with van der Waals surface area (Å²) >= 11 is 0. The maximum Gasteiger partial charge on any atom is 0.176 e. The second-order valence-electron chi connectivity index (χ2n) is 26.8. The summed E-state index contributed by atoms with van der Waals surface area (Å²) in [5.74, 6) is 0. The molecule has 0 amide bonds. The van der Waals surface area contributed by atoms with Crippen molar-refractivity contribution in [2.75, 3.05) is 13.1 Å². The Hall–Kier alpha value is -7.30. The summed E-state index contributed by atoms with van der Waals surface area (Å²) in [5.41, 5.74) is 56.7. The molecule has 19 N–H and O–H groups in total. The van der Waals surface area contributed by atoms with Crippen molar-refractivity contribution in [1.82, 2.24) is 0 Å². The lowest BCUT2D eigenvalue weighted by Gasteiger charge is -2.48. The first-order chi connectivity index (χ1) is 48.2. The maximum atomic E-state index is 11.7. The predicted octanol–water partition coefficient (Wildman–Crippen LogP) is 6.66. The van der Waals surface area contributed by atoms with Gasteiger partial charge in [-0.15, -0.1) is 0 Å². The average Bonchev–Trinajstić information content (AvgIpc) is 0.790. The van der Waals surface area contributed by atoms with E-state index in [1.807, 2.05) is 121 Å². The highest BCUT2D eigenvalue weighted by molar-refractivity contribution is 5.86. The standard InChI is InChI=1S/C45H50N4O6.C34H42N4O6/c46-23-38-43(52-25-28-14-17-31-8-2-5-11-34(31)20-28)44(53-26-29-15-18-32-9-3-6-12-35(32)21-29)39(49)45(54-38)55-42-37(48)22-36(47)41(40(42)50)51-24-27-13-16-30-7-1-4-10-33(30)19-27;35-16-27-29(39)33(42-18-20-10-12-22-6-2-4-8-24(22)14-20)28(38)34(43-27)44-32-26(37)15-25(36)31(30(32)40)41-17-19-9-11-21-5-1-3-7-23(21)13-19/h1-21,36-45,50H,22-26,46-49H2;1-14,25-34,39-40H,15-18,35-38H2. The number of benzene rings is 10. The number of fused-ring (bicyclic) bond motifs is 5. The number of nitrogens with two attached hydrogens (primary N) is 8. The summed E-state index contributed by atoms with van der Waals surface area (Å²) in [7, 11) is 0. The van der Waals surface area contributed by atoms with Crippen LogP contribution >= 0.6 is 0 Å². The SMILES string of the molecule is NCC1OC(OC2C(N)CC(N)C(OCc3ccc4ccccc4c3)C2O)C(N)C(OCc2ccc3ccccc3c2)C1O.NCC1OC(OC2C(N)CC(N)C(OCc3ccc4ccccc4c3)C2O)C(N)C(OCc2ccc3ccccc3c2)C1OCc1ccc2ccccc2c1. The number of ether oxygens (including phenoxy) is 9. The van der Waals surface area contributed by atoms with Gasteiger partial charge >= 0.3 is 0 Å². The van der Waals surface area contributed by atoms with Crippen LogP contribution < -0.4 is 45.9 Å². The topological polar surface area (TPSA) is 352 Å². The molecule has 2 saturated heterocycles. The van der Waals surface area contributed by atoms with Gasteiger partial charge in [0.15, 0.2) is 12.6 Å². The van der Waals surface area contributed by atoms with Crippen LogP contribution in [0.5, 0.6) is 0 Å². The van der Waals surface area contributed by atoms with Gasteiger partial charge in [0.2, 0.25) is 0 Å². The third kappa shape index (κ3) is 16.2. The van der Waals surface area contributed by atoms with E-state index >= 15 is 0 Å². The molecule has 2 aliphatic heterocycles. The molecule has 0 spiro atoms. The molecule has 99 heavy (non-hydrogen) atoms. The van der Waals surface area contributed by atoms with Gasteiger partial charge in [0, 0.05) is 37.3 Å². The number of aliphatic hydroxyl groups excluding tert-OH is 3. The second-order valence-corrected chi connectivity index (χ2v) is 26.8. The monoisotopic (exact) mass is 1340 g/mol. The summed E-state index contributed by atoms with van der Waals surface area (Å²) in [6.45, 7) is 1.44. The molecule has 2 aliphatic carbocycles. The van der Waals surface area contributed by atoms with E-state index in [4.69, 9.17) is 88.5 Å². The zero-order valence-corrected chi connectivity index (χ0v) is 55.3. The molecule has 2 heterocycles. The molecule has 20 nitrogen and oxygen atoms in total. The van der Waals surface area contributed by atoms with Crippen molar-refractivity contribution in [2.24, 2.45) is 45.9 Å². The Labute approximate surface area is 576 Å². The van der Waals surface area contributed by atoms with Gasteiger partial charge < -0.3 is 104 Å².